The maximum Gasteiger partial charge on any atom is 0.239 e. The molecule has 1 rings (SSSR count). The molecule has 0 aliphatic heterocycles. The van der Waals surface area contributed by atoms with Crippen LogP contribution in [0.4, 0.5) is 0 Å². The van der Waals surface area contributed by atoms with Crippen LogP contribution in [0.15, 0.2) is 60.7 Å². The van der Waals surface area contributed by atoms with Crippen molar-refractivity contribution in [2.75, 3.05) is 40.1 Å². The van der Waals surface area contributed by atoms with Crippen LogP contribution in [-0.4, -0.2) is 74.9 Å². The molecule has 0 aliphatic rings. The third kappa shape index (κ3) is 21.6. The molecule has 0 heterocycles. The van der Waals surface area contributed by atoms with E-state index < -0.39 is 0 Å². The number of rotatable bonds is 17. The van der Waals surface area contributed by atoms with Crippen LogP contribution in [0, 0.1) is 5.92 Å². The van der Waals surface area contributed by atoms with Gasteiger partial charge in [-0.25, -0.2) is 0 Å². The zero-order valence-electron chi connectivity index (χ0n) is 28.7. The molecule has 1 aromatic rings. The summed E-state index contributed by atoms with van der Waals surface area (Å²) in [6.45, 7) is 16.3. The number of carbonyl (C=O) groups excluding carboxylic acids is 3. The van der Waals surface area contributed by atoms with Crippen molar-refractivity contribution in [1.82, 2.24) is 20.9 Å². The van der Waals surface area contributed by atoms with Gasteiger partial charge in [0.2, 0.25) is 17.7 Å². The fraction of sp³-hybridized carbons (Fsp3) is 0.571. The van der Waals surface area contributed by atoms with E-state index >= 15 is 0 Å². The van der Waals surface area contributed by atoms with Crippen molar-refractivity contribution in [2.45, 2.75) is 85.8 Å². The van der Waals surface area contributed by atoms with Gasteiger partial charge in [0.05, 0.1) is 12.6 Å². The first-order chi connectivity index (χ1) is 20.9. The van der Waals surface area contributed by atoms with E-state index in [1.807, 2.05) is 38.4 Å². The molecule has 0 saturated carbocycles. The number of nitrogens with one attached hydrogen (secondary N) is 3. The smallest absolute Gasteiger partial charge is 0.239 e. The number of para-hydroxylation sites is 1. The Bertz CT molecular complexity index is 1010. The highest BCUT2D eigenvalue weighted by Crippen LogP contribution is 2.21. The quantitative estimate of drug-likeness (QED) is 0.110. The minimum atomic E-state index is -0.196. The topological polar surface area (TPSA) is 99.8 Å². The summed E-state index contributed by atoms with van der Waals surface area (Å²) in [6.07, 6.45) is 12.9. The van der Waals surface area contributed by atoms with Crippen molar-refractivity contribution in [3.63, 3.8) is 0 Å². The van der Waals surface area contributed by atoms with E-state index in [4.69, 9.17) is 16.3 Å². The zero-order valence-corrected chi connectivity index (χ0v) is 29.4. The van der Waals surface area contributed by atoms with Gasteiger partial charge in [-0.15, -0.1) is 11.6 Å². The molecule has 44 heavy (non-hydrogen) atoms. The largest absolute Gasteiger partial charge is 0.489 e. The Kier molecular flexibility index (Phi) is 26.8. The van der Waals surface area contributed by atoms with E-state index in [1.165, 1.54) is 25.1 Å². The molecule has 0 fully saturated rings. The van der Waals surface area contributed by atoms with Gasteiger partial charge in [-0.1, -0.05) is 94.7 Å². The highest BCUT2D eigenvalue weighted by molar-refractivity contribution is 6.18. The number of alkyl halides is 1. The molecule has 0 spiro atoms. The van der Waals surface area contributed by atoms with Crippen molar-refractivity contribution in [3.8, 4) is 5.75 Å². The van der Waals surface area contributed by atoms with Crippen LogP contribution < -0.4 is 20.7 Å². The van der Waals surface area contributed by atoms with Gasteiger partial charge in [0.15, 0.2) is 0 Å². The van der Waals surface area contributed by atoms with Crippen molar-refractivity contribution in [3.05, 3.63) is 66.3 Å². The molecule has 0 saturated heterocycles. The summed E-state index contributed by atoms with van der Waals surface area (Å²) in [5.74, 6) is 1.66. The standard InChI is InChI=1S/C21H36N2O2.C9H13Cl.C5H10N2O2/c1-7-12-18-13-10-11-14-19(18)25-16(4)15-22-20(17(8-2)9-3)21(24)23(5)6;1-3-6-9(2)7-4-5-8-10;1-4(8)7-3-5(9)6-2/h10-11,13-14,16-17,20,22H,7-9,12,15H2,1-6H3;3-6H,1,7-8H2,2H3;3H2,1-2H3,(H,6,9)(H,7,8)/b;5-4-,9-6-;/t16-,20?;;/m1../s1. The Morgan fingerprint density at radius 3 is 2.20 bits per heavy atom. The highest BCUT2D eigenvalue weighted by atomic mass is 35.5. The number of benzene rings is 1. The molecule has 9 heteroatoms. The maximum absolute atomic E-state index is 12.5. The SMILES string of the molecule is C=C/C=C(/C)C/C=C\CCl.CCCc1ccccc1O[C@H](C)CNC(C(=O)N(C)C)C(CC)CC.CNC(=O)CNC(C)=O. The average Bonchev–Trinajstić information content (AvgIpc) is 2.99. The van der Waals surface area contributed by atoms with Crippen LogP contribution in [0.2, 0.25) is 0 Å². The predicted molar refractivity (Wildman–Crippen MR) is 186 cm³/mol. The first-order valence-corrected chi connectivity index (χ1v) is 16.1. The van der Waals surface area contributed by atoms with Crippen LogP contribution in [0.25, 0.3) is 0 Å². The molecule has 0 radical (unpaired) electrons. The lowest BCUT2D eigenvalue weighted by Crippen LogP contribution is -2.50. The Morgan fingerprint density at radius 2 is 1.70 bits per heavy atom. The summed E-state index contributed by atoms with van der Waals surface area (Å²) in [7, 11) is 5.16. The van der Waals surface area contributed by atoms with Crippen molar-refractivity contribution in [1.29, 1.82) is 0 Å². The Hall–Kier alpha value is -3.10. The fourth-order valence-corrected chi connectivity index (χ4v) is 4.16. The molecular formula is C35H59ClN4O4. The van der Waals surface area contributed by atoms with E-state index in [1.54, 1.807) is 11.0 Å². The number of halogens is 1. The summed E-state index contributed by atoms with van der Waals surface area (Å²) in [5, 5.41) is 8.17. The zero-order chi connectivity index (χ0) is 33.9. The average molecular weight is 635 g/mol. The summed E-state index contributed by atoms with van der Waals surface area (Å²) in [4.78, 5) is 34.8. The van der Waals surface area contributed by atoms with Crippen LogP contribution in [0.3, 0.4) is 0 Å². The van der Waals surface area contributed by atoms with Crippen molar-refractivity contribution < 1.29 is 19.1 Å². The Labute approximate surface area is 272 Å². The second-order valence-electron chi connectivity index (χ2n) is 10.6. The van der Waals surface area contributed by atoms with E-state index in [9.17, 15) is 14.4 Å². The predicted octanol–water partition coefficient (Wildman–Crippen LogP) is 6.06. The van der Waals surface area contributed by atoms with Gasteiger partial charge in [-0.2, -0.15) is 0 Å². The summed E-state index contributed by atoms with van der Waals surface area (Å²) in [5.41, 5.74) is 2.55. The van der Waals surface area contributed by atoms with Gasteiger partial charge >= 0.3 is 0 Å². The van der Waals surface area contributed by atoms with Gasteiger partial charge in [-0.05, 0) is 44.2 Å². The monoisotopic (exact) mass is 634 g/mol. The first-order valence-electron chi connectivity index (χ1n) is 15.5. The van der Waals surface area contributed by atoms with Crippen LogP contribution in [-0.2, 0) is 20.8 Å². The number of hydrogen-bond acceptors (Lipinski definition) is 5. The van der Waals surface area contributed by atoms with Crippen LogP contribution in [0.5, 0.6) is 5.75 Å². The van der Waals surface area contributed by atoms with Gasteiger partial charge in [-0.3, -0.25) is 14.4 Å². The van der Waals surface area contributed by atoms with Crippen LogP contribution >= 0.6 is 11.6 Å². The fourth-order valence-electron chi connectivity index (χ4n) is 4.03. The first kappa shape index (κ1) is 43.0. The maximum atomic E-state index is 12.5. The molecule has 3 amide bonds. The Morgan fingerprint density at radius 1 is 1.07 bits per heavy atom. The third-order valence-electron chi connectivity index (χ3n) is 6.55. The molecule has 0 aliphatic carbocycles. The molecule has 8 nitrogen and oxygen atoms in total. The molecule has 2 atom stereocenters. The Balaban J connectivity index is 0. The number of hydrogen-bond donors (Lipinski definition) is 3. The van der Waals surface area contributed by atoms with E-state index in [0.717, 1.165) is 37.9 Å². The van der Waals surface area contributed by atoms with Crippen molar-refractivity contribution in [2.24, 2.45) is 5.92 Å². The third-order valence-corrected chi connectivity index (χ3v) is 6.73. The number of ether oxygens (including phenoxy) is 1. The van der Waals surface area contributed by atoms with Crippen molar-refractivity contribution >= 4 is 29.3 Å². The van der Waals surface area contributed by atoms with Gasteiger partial charge in [0.25, 0.3) is 0 Å². The molecular weight excluding hydrogens is 576 g/mol. The van der Waals surface area contributed by atoms with Gasteiger partial charge in [0.1, 0.15) is 11.9 Å². The van der Waals surface area contributed by atoms with E-state index in [-0.39, 0.29) is 36.4 Å². The minimum absolute atomic E-state index is 0.00447. The lowest BCUT2D eigenvalue weighted by atomic mass is 9.93. The molecule has 250 valence electrons. The second kappa shape index (κ2) is 27.4. The van der Waals surface area contributed by atoms with Crippen LogP contribution in [0.1, 0.15) is 72.8 Å². The lowest BCUT2D eigenvalue weighted by Gasteiger charge is -2.29. The molecule has 3 N–H and O–H groups in total. The van der Waals surface area contributed by atoms with Gasteiger partial charge < -0.3 is 25.6 Å². The molecule has 1 unspecified atom stereocenters. The van der Waals surface area contributed by atoms with Gasteiger partial charge in [0, 0.05) is 40.5 Å². The number of likely N-dealkylation sites (N-methyl/N-ethyl adjacent to an activating group) is 2. The summed E-state index contributed by atoms with van der Waals surface area (Å²) < 4.78 is 6.15. The highest BCUT2D eigenvalue weighted by Gasteiger charge is 2.27. The second-order valence-corrected chi connectivity index (χ2v) is 11.0. The summed E-state index contributed by atoms with van der Waals surface area (Å²) in [6, 6.07) is 8.07. The number of allylic oxidation sites excluding steroid dienone is 5. The number of amides is 3. The number of aryl methyl sites for hydroxylation is 1. The normalized spacial score (nSPS) is 12.2. The van der Waals surface area contributed by atoms with E-state index in [2.05, 4.69) is 75.4 Å². The molecule has 1 aromatic carbocycles. The molecule has 0 bridgehead atoms. The lowest BCUT2D eigenvalue weighted by molar-refractivity contribution is -0.132. The summed E-state index contributed by atoms with van der Waals surface area (Å²) >= 11 is 5.44. The number of nitrogens with zero attached hydrogens (tertiary/aromatic N) is 1. The number of carbonyl (C=O) groups is 3. The molecule has 0 aromatic heterocycles. The minimum Gasteiger partial charge on any atom is -0.489 e. The van der Waals surface area contributed by atoms with E-state index in [0.29, 0.717) is 18.3 Å².